The van der Waals surface area contributed by atoms with Crippen LogP contribution in [0.4, 0.5) is 0 Å². The number of hydrogen-bond donors (Lipinski definition) is 0. The number of benzene rings is 1. The Morgan fingerprint density at radius 1 is 1.27 bits per heavy atom. The molecule has 2 rings (SSSR count). The summed E-state index contributed by atoms with van der Waals surface area (Å²) in [5.41, 5.74) is 2.90. The molecule has 1 aliphatic carbocycles. The molecule has 0 spiro atoms. The van der Waals surface area contributed by atoms with Gasteiger partial charge in [-0.15, -0.1) is 0 Å². The predicted molar refractivity (Wildman–Crippen MR) is 90.8 cm³/mol. The molecule has 1 aromatic rings. The van der Waals surface area contributed by atoms with E-state index in [1.54, 1.807) is 6.08 Å². The van der Waals surface area contributed by atoms with Gasteiger partial charge in [0.2, 0.25) is 0 Å². The predicted octanol–water partition coefficient (Wildman–Crippen LogP) is 5.15. The molecule has 1 fully saturated rings. The molecule has 0 amide bonds. The highest BCUT2D eigenvalue weighted by Gasteiger charge is 2.34. The zero-order chi connectivity index (χ0) is 15.8. The molecule has 0 saturated heterocycles. The largest absolute Gasteiger partial charge is 0.378 e. The minimum atomic E-state index is 0.0135. The number of rotatable bonds is 6. The summed E-state index contributed by atoms with van der Waals surface area (Å²) < 4.78 is 5.86. The van der Waals surface area contributed by atoms with Gasteiger partial charge in [-0.1, -0.05) is 37.3 Å². The van der Waals surface area contributed by atoms with Crippen molar-refractivity contribution in [1.29, 1.82) is 5.26 Å². The normalized spacial score (nSPS) is 25.2. The molecule has 0 bridgehead atoms. The molecule has 1 aliphatic rings. The topological polar surface area (TPSA) is 33.0 Å². The minimum absolute atomic E-state index is 0.0135. The van der Waals surface area contributed by atoms with Gasteiger partial charge in [0, 0.05) is 13.2 Å². The highest BCUT2D eigenvalue weighted by atomic mass is 16.5. The van der Waals surface area contributed by atoms with Crippen LogP contribution in [0.3, 0.4) is 0 Å². The van der Waals surface area contributed by atoms with E-state index in [2.05, 4.69) is 37.3 Å². The Hall–Kier alpha value is -1.59. The standard InChI is InChI=1S/C20H27NO/c1-3-17-7-9-18(10-8-17)19-11-14-20(22-2,15-12-19)13-5-4-6-16-21/h4,6-10,19H,3,5,11-15H2,1-2H3. The lowest BCUT2D eigenvalue weighted by Crippen LogP contribution is -2.35. The van der Waals surface area contributed by atoms with Crippen LogP contribution in [0.2, 0.25) is 0 Å². The fourth-order valence-electron chi connectivity index (χ4n) is 3.54. The van der Waals surface area contributed by atoms with Crippen molar-refractivity contribution in [3.63, 3.8) is 0 Å². The SMILES string of the molecule is CCc1ccc(C2CCC(CCC=CC#N)(OC)CC2)cc1. The van der Waals surface area contributed by atoms with Crippen LogP contribution in [-0.2, 0) is 11.2 Å². The molecule has 2 nitrogen and oxygen atoms in total. The van der Waals surface area contributed by atoms with Gasteiger partial charge >= 0.3 is 0 Å². The van der Waals surface area contributed by atoms with Gasteiger partial charge in [0.05, 0.1) is 11.7 Å². The third kappa shape index (κ3) is 4.21. The van der Waals surface area contributed by atoms with Gasteiger partial charge in [0.15, 0.2) is 0 Å². The summed E-state index contributed by atoms with van der Waals surface area (Å²) in [6, 6.07) is 11.2. The second-order valence-corrected chi connectivity index (χ2v) is 6.33. The molecule has 0 N–H and O–H groups in total. The zero-order valence-corrected chi connectivity index (χ0v) is 13.8. The Bertz CT molecular complexity index is 516. The van der Waals surface area contributed by atoms with Crippen molar-refractivity contribution in [2.75, 3.05) is 7.11 Å². The quantitative estimate of drug-likeness (QED) is 0.680. The lowest BCUT2D eigenvalue weighted by molar-refractivity contribution is -0.0483. The van der Waals surface area contributed by atoms with E-state index in [0.717, 1.165) is 32.1 Å². The summed E-state index contributed by atoms with van der Waals surface area (Å²) >= 11 is 0. The Kier molecular flexibility index (Phi) is 6.21. The first-order chi connectivity index (χ1) is 10.7. The van der Waals surface area contributed by atoms with E-state index in [-0.39, 0.29) is 5.60 Å². The Morgan fingerprint density at radius 2 is 1.95 bits per heavy atom. The van der Waals surface area contributed by atoms with Crippen molar-refractivity contribution in [3.05, 3.63) is 47.5 Å². The molecular formula is C20H27NO. The van der Waals surface area contributed by atoms with Crippen LogP contribution in [0.5, 0.6) is 0 Å². The van der Waals surface area contributed by atoms with E-state index in [0.29, 0.717) is 5.92 Å². The number of methoxy groups -OCH3 is 1. The monoisotopic (exact) mass is 297 g/mol. The van der Waals surface area contributed by atoms with Crippen LogP contribution in [0.25, 0.3) is 0 Å². The second kappa shape index (κ2) is 8.15. The molecule has 0 unspecified atom stereocenters. The van der Waals surface area contributed by atoms with Gasteiger partial charge in [0.25, 0.3) is 0 Å². The number of allylic oxidation sites excluding steroid dienone is 2. The molecule has 1 saturated carbocycles. The zero-order valence-electron chi connectivity index (χ0n) is 13.8. The first-order valence-electron chi connectivity index (χ1n) is 8.41. The van der Waals surface area contributed by atoms with E-state index in [1.807, 2.05) is 13.2 Å². The van der Waals surface area contributed by atoms with Crippen molar-refractivity contribution in [1.82, 2.24) is 0 Å². The van der Waals surface area contributed by atoms with E-state index < -0.39 is 0 Å². The van der Waals surface area contributed by atoms with Gasteiger partial charge < -0.3 is 4.74 Å². The Balaban J connectivity index is 1.92. The third-order valence-electron chi connectivity index (χ3n) is 5.15. The minimum Gasteiger partial charge on any atom is -0.378 e. The van der Waals surface area contributed by atoms with Crippen LogP contribution in [0.15, 0.2) is 36.4 Å². The van der Waals surface area contributed by atoms with Crippen LogP contribution >= 0.6 is 0 Å². The van der Waals surface area contributed by atoms with Crippen LogP contribution in [0.1, 0.15) is 62.5 Å². The van der Waals surface area contributed by atoms with Gasteiger partial charge in [0.1, 0.15) is 0 Å². The van der Waals surface area contributed by atoms with Crippen molar-refractivity contribution in [2.24, 2.45) is 0 Å². The lowest BCUT2D eigenvalue weighted by Gasteiger charge is -2.39. The van der Waals surface area contributed by atoms with E-state index in [4.69, 9.17) is 10.00 Å². The molecule has 0 heterocycles. The van der Waals surface area contributed by atoms with Crippen molar-refractivity contribution in [3.8, 4) is 6.07 Å². The maximum atomic E-state index is 8.55. The summed E-state index contributed by atoms with van der Waals surface area (Å²) in [5, 5.41) is 8.55. The second-order valence-electron chi connectivity index (χ2n) is 6.33. The maximum Gasteiger partial charge on any atom is 0.0908 e. The summed E-state index contributed by atoms with van der Waals surface area (Å²) in [7, 11) is 1.84. The van der Waals surface area contributed by atoms with Gasteiger partial charge in [-0.2, -0.15) is 5.26 Å². The third-order valence-corrected chi connectivity index (χ3v) is 5.15. The lowest BCUT2D eigenvalue weighted by atomic mass is 9.74. The number of aryl methyl sites for hydroxylation is 1. The summed E-state index contributed by atoms with van der Waals surface area (Å²) in [4.78, 5) is 0. The molecule has 1 aromatic carbocycles. The average Bonchev–Trinajstić information content (AvgIpc) is 2.59. The fourth-order valence-corrected chi connectivity index (χ4v) is 3.54. The number of nitriles is 1. The van der Waals surface area contributed by atoms with Gasteiger partial charge in [-0.25, -0.2) is 0 Å². The maximum absolute atomic E-state index is 8.55. The van der Waals surface area contributed by atoms with Crippen molar-refractivity contribution in [2.45, 2.75) is 63.4 Å². The molecule has 2 heteroatoms. The van der Waals surface area contributed by atoms with Crippen LogP contribution < -0.4 is 0 Å². The van der Waals surface area contributed by atoms with Crippen molar-refractivity contribution >= 4 is 0 Å². The van der Waals surface area contributed by atoms with Crippen molar-refractivity contribution < 1.29 is 4.74 Å². The first kappa shape index (κ1) is 16.8. The fraction of sp³-hybridized carbons (Fsp3) is 0.550. The van der Waals surface area contributed by atoms with Gasteiger partial charge in [-0.05, 0) is 62.0 Å². The first-order valence-corrected chi connectivity index (χ1v) is 8.41. The number of nitrogens with zero attached hydrogens (tertiary/aromatic N) is 1. The molecule has 118 valence electrons. The highest BCUT2D eigenvalue weighted by molar-refractivity contribution is 5.26. The number of ether oxygens (including phenoxy) is 1. The van der Waals surface area contributed by atoms with E-state index >= 15 is 0 Å². The van der Waals surface area contributed by atoms with E-state index in [1.165, 1.54) is 24.0 Å². The molecule has 0 aromatic heterocycles. The highest BCUT2D eigenvalue weighted by Crippen LogP contribution is 2.42. The van der Waals surface area contributed by atoms with Crippen LogP contribution in [0, 0.1) is 11.3 Å². The van der Waals surface area contributed by atoms with Crippen LogP contribution in [-0.4, -0.2) is 12.7 Å². The summed E-state index contributed by atoms with van der Waals surface area (Å²) in [6.45, 7) is 2.20. The average molecular weight is 297 g/mol. The number of hydrogen-bond acceptors (Lipinski definition) is 2. The Morgan fingerprint density at radius 3 is 2.50 bits per heavy atom. The van der Waals surface area contributed by atoms with Gasteiger partial charge in [-0.3, -0.25) is 0 Å². The Labute approximate surface area is 134 Å². The molecule has 0 atom stereocenters. The van der Waals surface area contributed by atoms with E-state index in [9.17, 15) is 0 Å². The summed E-state index contributed by atoms with van der Waals surface area (Å²) in [5.74, 6) is 0.670. The molecule has 0 radical (unpaired) electrons. The smallest absolute Gasteiger partial charge is 0.0908 e. The molecular weight excluding hydrogens is 270 g/mol. The summed E-state index contributed by atoms with van der Waals surface area (Å²) in [6.07, 6.45) is 11.2. The molecule has 0 aliphatic heterocycles. The molecule has 22 heavy (non-hydrogen) atoms.